The molecule has 0 saturated carbocycles. The summed E-state index contributed by atoms with van der Waals surface area (Å²) >= 11 is 0. The first-order valence-electron chi connectivity index (χ1n) is 7.79. The molecule has 0 unspecified atom stereocenters. The maximum atomic E-state index is 12.3. The van der Waals surface area contributed by atoms with Crippen molar-refractivity contribution >= 4 is 5.91 Å². The Labute approximate surface area is 134 Å². The first kappa shape index (κ1) is 14.1. The molecular formula is C18H18N2O3. The van der Waals surface area contributed by atoms with E-state index in [4.69, 9.17) is 9.47 Å². The summed E-state index contributed by atoms with van der Waals surface area (Å²) in [5, 5.41) is 6.28. The lowest BCUT2D eigenvalue weighted by Crippen LogP contribution is -2.23. The zero-order valence-corrected chi connectivity index (χ0v) is 12.7. The molecule has 0 atom stereocenters. The van der Waals surface area contributed by atoms with Crippen LogP contribution in [0, 0.1) is 0 Å². The van der Waals surface area contributed by atoms with Crippen molar-refractivity contribution < 1.29 is 14.3 Å². The maximum absolute atomic E-state index is 12.3. The number of carbonyl (C=O) groups is 1. The van der Waals surface area contributed by atoms with Gasteiger partial charge in [0.25, 0.3) is 5.91 Å². The average molecular weight is 310 g/mol. The van der Waals surface area contributed by atoms with E-state index in [0.717, 1.165) is 18.7 Å². The van der Waals surface area contributed by atoms with Crippen molar-refractivity contribution in [3.8, 4) is 11.5 Å². The average Bonchev–Trinajstić information content (AvgIpc) is 3.07. The summed E-state index contributed by atoms with van der Waals surface area (Å²) in [6.07, 6.45) is 0. The SMILES string of the molecule is O=C(NCc1ccc2c(c1)CNC2)c1ccc2c(c1)OCCO2. The van der Waals surface area contributed by atoms with Crippen LogP contribution in [0.5, 0.6) is 11.5 Å². The van der Waals surface area contributed by atoms with Crippen LogP contribution < -0.4 is 20.1 Å². The van der Waals surface area contributed by atoms with Crippen molar-refractivity contribution in [3.63, 3.8) is 0 Å². The van der Waals surface area contributed by atoms with Crippen molar-refractivity contribution in [2.75, 3.05) is 13.2 Å². The molecule has 1 amide bonds. The van der Waals surface area contributed by atoms with Crippen LogP contribution in [0.25, 0.3) is 0 Å². The molecular weight excluding hydrogens is 292 g/mol. The fraction of sp³-hybridized carbons (Fsp3) is 0.278. The zero-order valence-electron chi connectivity index (χ0n) is 12.7. The normalized spacial score (nSPS) is 15.1. The minimum absolute atomic E-state index is 0.111. The van der Waals surface area contributed by atoms with Crippen molar-refractivity contribution in [3.05, 3.63) is 58.7 Å². The number of fused-ring (bicyclic) bond motifs is 2. The Morgan fingerprint density at radius 3 is 2.74 bits per heavy atom. The molecule has 2 aromatic carbocycles. The fourth-order valence-electron chi connectivity index (χ4n) is 2.93. The van der Waals surface area contributed by atoms with Gasteiger partial charge < -0.3 is 20.1 Å². The molecule has 2 N–H and O–H groups in total. The molecule has 2 aromatic rings. The molecule has 0 bridgehead atoms. The summed E-state index contributed by atoms with van der Waals surface area (Å²) in [5.41, 5.74) is 4.35. The summed E-state index contributed by atoms with van der Waals surface area (Å²) in [4.78, 5) is 12.3. The molecule has 23 heavy (non-hydrogen) atoms. The first-order chi connectivity index (χ1) is 11.3. The number of amides is 1. The van der Waals surface area contributed by atoms with Crippen molar-refractivity contribution in [1.29, 1.82) is 0 Å². The maximum Gasteiger partial charge on any atom is 0.251 e. The van der Waals surface area contributed by atoms with Gasteiger partial charge in [0.1, 0.15) is 13.2 Å². The first-order valence-corrected chi connectivity index (χ1v) is 7.79. The van der Waals surface area contributed by atoms with Crippen molar-refractivity contribution in [1.82, 2.24) is 10.6 Å². The Hall–Kier alpha value is -2.53. The second kappa shape index (κ2) is 5.93. The van der Waals surface area contributed by atoms with E-state index in [0.29, 0.717) is 36.8 Å². The number of rotatable bonds is 3. The van der Waals surface area contributed by atoms with Gasteiger partial charge in [0.15, 0.2) is 11.5 Å². The Balaban J connectivity index is 1.44. The highest BCUT2D eigenvalue weighted by Crippen LogP contribution is 2.30. The molecule has 2 aliphatic heterocycles. The predicted molar refractivity (Wildman–Crippen MR) is 85.6 cm³/mol. The van der Waals surface area contributed by atoms with Gasteiger partial charge in [0.05, 0.1) is 0 Å². The molecule has 2 aliphatic rings. The van der Waals surface area contributed by atoms with Gasteiger partial charge in [-0.15, -0.1) is 0 Å². The van der Waals surface area contributed by atoms with Crippen LogP contribution >= 0.6 is 0 Å². The highest BCUT2D eigenvalue weighted by molar-refractivity contribution is 5.94. The molecule has 0 radical (unpaired) electrons. The Kier molecular flexibility index (Phi) is 3.63. The Morgan fingerprint density at radius 2 is 1.83 bits per heavy atom. The third-order valence-corrected chi connectivity index (χ3v) is 4.16. The summed E-state index contributed by atoms with van der Waals surface area (Å²) < 4.78 is 11.0. The number of nitrogens with one attached hydrogen (secondary N) is 2. The van der Waals surface area contributed by atoms with Crippen molar-refractivity contribution in [2.45, 2.75) is 19.6 Å². The van der Waals surface area contributed by atoms with Gasteiger partial charge >= 0.3 is 0 Å². The van der Waals surface area contributed by atoms with Gasteiger partial charge in [-0.2, -0.15) is 0 Å². The summed E-state index contributed by atoms with van der Waals surface area (Å²) in [6, 6.07) is 11.6. The number of hydrogen-bond acceptors (Lipinski definition) is 4. The van der Waals surface area contributed by atoms with Gasteiger partial charge in [0.2, 0.25) is 0 Å². The van der Waals surface area contributed by atoms with Crippen LogP contribution in [0.15, 0.2) is 36.4 Å². The van der Waals surface area contributed by atoms with Crippen molar-refractivity contribution in [2.24, 2.45) is 0 Å². The summed E-state index contributed by atoms with van der Waals surface area (Å²) in [5.74, 6) is 1.21. The lowest BCUT2D eigenvalue weighted by Gasteiger charge is -2.18. The number of ether oxygens (including phenoxy) is 2. The minimum Gasteiger partial charge on any atom is -0.486 e. The molecule has 0 aromatic heterocycles. The topological polar surface area (TPSA) is 59.6 Å². The van der Waals surface area contributed by atoms with E-state index in [1.807, 2.05) is 0 Å². The second-order valence-electron chi connectivity index (χ2n) is 5.75. The van der Waals surface area contributed by atoms with E-state index in [1.54, 1.807) is 18.2 Å². The number of carbonyl (C=O) groups excluding carboxylic acids is 1. The molecule has 2 heterocycles. The number of hydrogen-bond donors (Lipinski definition) is 2. The summed E-state index contributed by atoms with van der Waals surface area (Å²) in [7, 11) is 0. The third kappa shape index (κ3) is 2.87. The fourth-order valence-corrected chi connectivity index (χ4v) is 2.93. The Morgan fingerprint density at radius 1 is 1.00 bits per heavy atom. The monoisotopic (exact) mass is 310 g/mol. The lowest BCUT2D eigenvalue weighted by molar-refractivity contribution is 0.0949. The predicted octanol–water partition coefficient (Wildman–Crippen LogP) is 1.99. The van der Waals surface area contributed by atoms with Crippen LogP contribution in [-0.4, -0.2) is 19.1 Å². The second-order valence-corrected chi connectivity index (χ2v) is 5.75. The molecule has 0 saturated heterocycles. The molecule has 5 nitrogen and oxygen atoms in total. The largest absolute Gasteiger partial charge is 0.486 e. The summed E-state index contributed by atoms with van der Waals surface area (Å²) in [6.45, 7) is 3.41. The van der Waals surface area contributed by atoms with Gasteiger partial charge in [-0.05, 0) is 34.9 Å². The molecule has 5 heteroatoms. The quantitative estimate of drug-likeness (QED) is 0.910. The smallest absolute Gasteiger partial charge is 0.251 e. The van der Waals surface area contributed by atoms with E-state index in [2.05, 4.69) is 28.8 Å². The molecule has 0 spiro atoms. The third-order valence-electron chi connectivity index (χ3n) is 4.16. The zero-order chi connectivity index (χ0) is 15.6. The van der Waals surface area contributed by atoms with Crippen LogP contribution in [0.4, 0.5) is 0 Å². The van der Waals surface area contributed by atoms with Crippen LogP contribution in [0.1, 0.15) is 27.0 Å². The van der Waals surface area contributed by atoms with E-state index >= 15 is 0 Å². The van der Waals surface area contributed by atoms with Crippen LogP contribution in [0.3, 0.4) is 0 Å². The highest BCUT2D eigenvalue weighted by Gasteiger charge is 2.15. The van der Waals surface area contributed by atoms with Crippen LogP contribution in [-0.2, 0) is 19.6 Å². The number of benzene rings is 2. The molecule has 0 aliphatic carbocycles. The van der Waals surface area contributed by atoms with E-state index < -0.39 is 0 Å². The molecule has 0 fully saturated rings. The molecule has 118 valence electrons. The standard InChI is InChI=1S/C18H18N2O3/c21-18(13-3-4-16-17(8-13)23-6-5-22-16)20-9-12-1-2-14-10-19-11-15(14)7-12/h1-4,7-8,19H,5-6,9-11H2,(H,20,21). The van der Waals surface area contributed by atoms with Crippen LogP contribution in [0.2, 0.25) is 0 Å². The van der Waals surface area contributed by atoms with E-state index in [1.165, 1.54) is 11.1 Å². The van der Waals surface area contributed by atoms with Gasteiger partial charge in [0, 0.05) is 25.2 Å². The van der Waals surface area contributed by atoms with E-state index in [-0.39, 0.29) is 5.91 Å². The lowest BCUT2D eigenvalue weighted by atomic mass is 10.1. The highest BCUT2D eigenvalue weighted by atomic mass is 16.6. The minimum atomic E-state index is -0.111. The van der Waals surface area contributed by atoms with Gasteiger partial charge in [-0.25, -0.2) is 0 Å². The van der Waals surface area contributed by atoms with E-state index in [9.17, 15) is 4.79 Å². The van der Waals surface area contributed by atoms with Gasteiger partial charge in [-0.3, -0.25) is 4.79 Å². The Bertz CT molecular complexity index is 758. The van der Waals surface area contributed by atoms with Gasteiger partial charge in [-0.1, -0.05) is 18.2 Å². The molecule has 4 rings (SSSR count).